The molecule has 5 aromatic carbocycles. The lowest BCUT2D eigenvalue weighted by molar-refractivity contribution is -0.187. The number of halogens is 10. The van der Waals surface area contributed by atoms with Gasteiger partial charge in [0, 0.05) is 11.6 Å². The molecule has 0 aromatic heterocycles. The molecule has 0 unspecified atom stereocenters. The molecule has 0 saturated heterocycles. The molecule has 0 aliphatic rings. The highest BCUT2D eigenvalue weighted by Gasteiger charge is 2.41. The molecule has 46 heavy (non-hydrogen) atoms. The van der Waals surface area contributed by atoms with Gasteiger partial charge in [0.1, 0.15) is 34.6 Å². The molecule has 0 aliphatic carbocycles. The first-order chi connectivity index (χ1) is 21.8. The number of ether oxygens (including phenoxy) is 1. The molecule has 11 heteroatoms. The van der Waals surface area contributed by atoms with Crippen LogP contribution in [0.15, 0.2) is 78.9 Å². The fraction of sp³-hybridized carbons (Fsp3) is 0.143. The lowest BCUT2D eigenvalue weighted by atomic mass is 9.96. The lowest BCUT2D eigenvalue weighted by Gasteiger charge is -2.21. The average molecular weight is 665 g/mol. The molecule has 0 aliphatic heterocycles. The molecule has 0 fully saturated rings. The van der Waals surface area contributed by atoms with Gasteiger partial charge in [-0.25, -0.2) is 30.7 Å². The Hall–Kier alpha value is -4.44. The number of unbranched alkanes of at least 4 members (excludes halogenated alkanes) is 1. The van der Waals surface area contributed by atoms with Gasteiger partial charge in [0.15, 0.2) is 17.5 Å². The molecular weight excluding hydrogens is 643 g/mol. The summed E-state index contributed by atoms with van der Waals surface area (Å²) in [6.45, 7) is 2.06. The van der Waals surface area contributed by atoms with Crippen molar-refractivity contribution in [3.8, 4) is 39.1 Å². The first-order valence-electron chi connectivity index (χ1n) is 13.9. The summed E-state index contributed by atoms with van der Waals surface area (Å²) in [5.74, 6) is -10.9. The highest BCUT2D eigenvalue weighted by atomic mass is 35.5. The summed E-state index contributed by atoms with van der Waals surface area (Å²) in [6, 6.07) is 13.5. The van der Waals surface area contributed by atoms with E-state index in [0.29, 0.717) is 29.8 Å². The minimum atomic E-state index is -4.52. The number of rotatable bonds is 9. The fourth-order valence-corrected chi connectivity index (χ4v) is 5.28. The van der Waals surface area contributed by atoms with E-state index in [1.807, 2.05) is 12.1 Å². The highest BCUT2D eigenvalue weighted by molar-refractivity contribution is 6.31. The molecule has 0 radical (unpaired) electrons. The van der Waals surface area contributed by atoms with Crippen molar-refractivity contribution in [2.75, 3.05) is 0 Å². The molecule has 5 aromatic rings. The normalized spacial score (nSPS) is 11.6. The monoisotopic (exact) mass is 664 g/mol. The summed E-state index contributed by atoms with van der Waals surface area (Å²) in [7, 11) is 0. The molecule has 1 nitrogen and oxygen atoms in total. The predicted molar refractivity (Wildman–Crippen MR) is 157 cm³/mol. The first-order valence-corrected chi connectivity index (χ1v) is 14.3. The Kier molecular flexibility index (Phi) is 9.39. The van der Waals surface area contributed by atoms with Gasteiger partial charge in [-0.2, -0.15) is 8.78 Å². The first kappa shape index (κ1) is 32.9. The highest BCUT2D eigenvalue weighted by Crippen LogP contribution is 2.42. The van der Waals surface area contributed by atoms with E-state index in [2.05, 4.69) is 11.7 Å². The van der Waals surface area contributed by atoms with Crippen LogP contribution in [0.25, 0.3) is 33.4 Å². The fourth-order valence-electron chi connectivity index (χ4n) is 4.96. The van der Waals surface area contributed by atoms with E-state index in [4.69, 9.17) is 11.6 Å². The second kappa shape index (κ2) is 13.1. The zero-order valence-corrected chi connectivity index (χ0v) is 24.6. The van der Waals surface area contributed by atoms with Crippen molar-refractivity contribution >= 4 is 11.6 Å². The van der Waals surface area contributed by atoms with Gasteiger partial charge in [-0.15, -0.1) is 0 Å². The van der Waals surface area contributed by atoms with E-state index in [0.717, 1.165) is 55.2 Å². The zero-order chi connectivity index (χ0) is 33.3. The van der Waals surface area contributed by atoms with Crippen LogP contribution in [-0.4, -0.2) is 0 Å². The SMILES string of the molecule is CCCCc1ccc(-c2cc(F)c(-c3cc(F)c(C(F)(F)Oc4ccc(-c5cc(F)c(F)c(F)c5)c(F)c4)c(Cl)c3)c(F)c2)cc1. The van der Waals surface area contributed by atoms with Gasteiger partial charge in [-0.3, -0.25) is 0 Å². The molecule has 238 valence electrons. The van der Waals surface area contributed by atoms with Gasteiger partial charge in [0.05, 0.1) is 10.6 Å². The van der Waals surface area contributed by atoms with Crippen LogP contribution in [0.5, 0.6) is 5.75 Å². The zero-order valence-electron chi connectivity index (χ0n) is 23.8. The summed E-state index contributed by atoms with van der Waals surface area (Å²) in [5, 5.41) is -0.945. The minimum Gasteiger partial charge on any atom is -0.429 e. The van der Waals surface area contributed by atoms with Gasteiger partial charge in [0.2, 0.25) is 0 Å². The summed E-state index contributed by atoms with van der Waals surface area (Å²) >= 11 is 5.98. The summed E-state index contributed by atoms with van der Waals surface area (Å²) in [4.78, 5) is 0. The Morgan fingerprint density at radius 1 is 0.609 bits per heavy atom. The smallest absolute Gasteiger partial charge is 0.429 e. The Morgan fingerprint density at radius 2 is 1.20 bits per heavy atom. The average Bonchev–Trinajstić information content (AvgIpc) is 2.98. The molecule has 0 amide bonds. The van der Waals surface area contributed by atoms with Crippen LogP contribution in [0.4, 0.5) is 39.5 Å². The Balaban J connectivity index is 1.41. The van der Waals surface area contributed by atoms with Crippen LogP contribution in [-0.2, 0) is 12.5 Å². The second-order valence-electron chi connectivity index (χ2n) is 10.4. The Bertz CT molecular complexity index is 1850. The predicted octanol–water partition coefficient (Wildman–Crippen LogP) is 11.8. The van der Waals surface area contributed by atoms with Crippen molar-refractivity contribution in [1.29, 1.82) is 0 Å². The second-order valence-corrected chi connectivity index (χ2v) is 10.9. The Labute approximate surface area is 262 Å². The summed E-state index contributed by atoms with van der Waals surface area (Å²) in [5.41, 5.74) is -1.76. The maximum absolute atomic E-state index is 15.2. The van der Waals surface area contributed by atoms with Crippen LogP contribution in [0.2, 0.25) is 5.02 Å². The van der Waals surface area contributed by atoms with Crippen molar-refractivity contribution < 1.29 is 44.3 Å². The van der Waals surface area contributed by atoms with Gasteiger partial charge in [-0.05, 0) is 89.2 Å². The quantitative estimate of drug-likeness (QED) is 0.113. The summed E-state index contributed by atoms with van der Waals surface area (Å²) in [6.07, 6.45) is -1.66. The van der Waals surface area contributed by atoms with Crippen molar-refractivity contribution in [3.05, 3.63) is 136 Å². The van der Waals surface area contributed by atoms with Gasteiger partial charge in [0.25, 0.3) is 0 Å². The van der Waals surface area contributed by atoms with E-state index in [-0.39, 0.29) is 5.56 Å². The standard InChI is InChI=1S/C35H22ClF9O/c1-2-3-4-18-5-7-19(8-6-18)20-12-27(38)32(28(39)13-20)22-11-25(36)33(29(40)16-22)35(44,45)46-23-9-10-24(26(37)17-23)21-14-30(41)34(43)31(42)15-21/h5-17H,2-4H2,1H3. The third-order valence-electron chi connectivity index (χ3n) is 7.25. The maximum Gasteiger partial charge on any atom is 0.431 e. The van der Waals surface area contributed by atoms with Crippen LogP contribution in [0, 0.1) is 40.7 Å². The molecule has 0 bridgehead atoms. The topological polar surface area (TPSA) is 9.23 Å². The lowest BCUT2D eigenvalue weighted by Crippen LogP contribution is -2.24. The van der Waals surface area contributed by atoms with Crippen LogP contribution in [0.1, 0.15) is 30.9 Å². The number of hydrogen-bond donors (Lipinski definition) is 0. The van der Waals surface area contributed by atoms with E-state index >= 15 is 22.0 Å². The van der Waals surface area contributed by atoms with Crippen LogP contribution < -0.4 is 4.74 Å². The molecule has 0 spiro atoms. The van der Waals surface area contributed by atoms with Gasteiger partial charge < -0.3 is 4.74 Å². The maximum atomic E-state index is 15.2. The van der Waals surface area contributed by atoms with Gasteiger partial charge >= 0.3 is 6.11 Å². The molecule has 0 saturated carbocycles. The largest absolute Gasteiger partial charge is 0.431 e. The van der Waals surface area contributed by atoms with Crippen molar-refractivity contribution in [3.63, 3.8) is 0 Å². The van der Waals surface area contributed by atoms with E-state index in [1.165, 1.54) is 0 Å². The van der Waals surface area contributed by atoms with Crippen LogP contribution in [0.3, 0.4) is 0 Å². The number of hydrogen-bond acceptors (Lipinski definition) is 1. The molecule has 0 N–H and O–H groups in total. The third kappa shape index (κ3) is 6.72. The molecule has 0 heterocycles. The Morgan fingerprint density at radius 3 is 1.76 bits per heavy atom. The minimum absolute atomic E-state index is 0.205. The van der Waals surface area contributed by atoms with E-state index in [1.54, 1.807) is 12.1 Å². The summed E-state index contributed by atoms with van der Waals surface area (Å²) < 4.78 is 135. The van der Waals surface area contributed by atoms with E-state index < -0.39 is 85.4 Å². The molecule has 5 rings (SSSR count). The van der Waals surface area contributed by atoms with Gasteiger partial charge in [-0.1, -0.05) is 49.2 Å². The third-order valence-corrected chi connectivity index (χ3v) is 7.55. The van der Waals surface area contributed by atoms with E-state index in [9.17, 15) is 17.6 Å². The molecule has 0 atom stereocenters. The van der Waals surface area contributed by atoms with Crippen LogP contribution >= 0.6 is 11.6 Å². The molecular formula is C35H22ClF9O. The van der Waals surface area contributed by atoms with Crippen molar-refractivity contribution in [2.45, 2.75) is 32.3 Å². The number of aryl methyl sites for hydroxylation is 1. The number of alkyl halides is 2. The van der Waals surface area contributed by atoms with Crippen molar-refractivity contribution in [2.24, 2.45) is 0 Å². The number of benzene rings is 5. The van der Waals surface area contributed by atoms with Crippen molar-refractivity contribution in [1.82, 2.24) is 0 Å².